The third kappa shape index (κ3) is 1.90. The lowest BCUT2D eigenvalue weighted by Gasteiger charge is -2.43. The molecule has 0 aromatic rings. The molecule has 0 saturated heterocycles. The number of aliphatic hydroxyl groups excluding tert-OH is 1. The standard InChI is InChI=1S/C18H20O4/c1-9-4-5-10(8-19)13-12(9)16(21)14-11(20)6-7-18(2,3)15(14)17(13)22/h4-7,9-10,12-13,19H,8H2,1-3H3. The number of fused-ring (bicyclic) bond motifs is 1. The van der Waals surface area contributed by atoms with E-state index < -0.39 is 17.3 Å². The second-order valence-corrected chi connectivity index (χ2v) is 7.04. The van der Waals surface area contributed by atoms with Gasteiger partial charge in [-0.3, -0.25) is 14.4 Å². The molecule has 0 aromatic heterocycles. The van der Waals surface area contributed by atoms with Crippen LogP contribution in [0.4, 0.5) is 0 Å². The van der Waals surface area contributed by atoms with Crippen molar-refractivity contribution in [2.45, 2.75) is 20.8 Å². The van der Waals surface area contributed by atoms with Gasteiger partial charge in [0.2, 0.25) is 0 Å². The lowest BCUT2D eigenvalue weighted by atomic mass is 9.57. The summed E-state index contributed by atoms with van der Waals surface area (Å²) in [6.07, 6.45) is 6.79. The minimum Gasteiger partial charge on any atom is -0.396 e. The maximum Gasteiger partial charge on any atom is 0.189 e. The van der Waals surface area contributed by atoms with Crippen molar-refractivity contribution in [3.63, 3.8) is 0 Å². The van der Waals surface area contributed by atoms with Gasteiger partial charge >= 0.3 is 0 Å². The Morgan fingerprint density at radius 2 is 1.77 bits per heavy atom. The van der Waals surface area contributed by atoms with Crippen LogP contribution in [0, 0.1) is 29.1 Å². The Kier molecular flexibility index (Phi) is 3.33. The van der Waals surface area contributed by atoms with Gasteiger partial charge in [0.05, 0.1) is 12.2 Å². The quantitative estimate of drug-likeness (QED) is 0.590. The monoisotopic (exact) mass is 300 g/mol. The molecule has 4 unspecified atom stereocenters. The molecule has 3 rings (SSSR count). The first kappa shape index (κ1) is 15.1. The van der Waals surface area contributed by atoms with Gasteiger partial charge in [-0.25, -0.2) is 0 Å². The second kappa shape index (κ2) is 4.85. The van der Waals surface area contributed by atoms with Crippen LogP contribution in [0.2, 0.25) is 0 Å². The summed E-state index contributed by atoms with van der Waals surface area (Å²) < 4.78 is 0. The summed E-state index contributed by atoms with van der Waals surface area (Å²) in [5.74, 6) is -2.33. The molecule has 0 saturated carbocycles. The van der Waals surface area contributed by atoms with Crippen LogP contribution in [-0.2, 0) is 14.4 Å². The van der Waals surface area contributed by atoms with E-state index in [2.05, 4.69) is 0 Å². The molecule has 22 heavy (non-hydrogen) atoms. The van der Waals surface area contributed by atoms with Crippen LogP contribution in [0.3, 0.4) is 0 Å². The predicted octanol–water partition coefficient (Wildman–Crippen LogP) is 1.65. The largest absolute Gasteiger partial charge is 0.396 e. The molecule has 4 atom stereocenters. The van der Waals surface area contributed by atoms with Crippen molar-refractivity contribution < 1.29 is 19.5 Å². The van der Waals surface area contributed by atoms with Crippen molar-refractivity contribution in [2.75, 3.05) is 6.61 Å². The van der Waals surface area contributed by atoms with Gasteiger partial charge in [0.1, 0.15) is 0 Å². The Bertz CT molecular complexity index is 663. The molecular weight excluding hydrogens is 280 g/mol. The first-order valence-electron chi connectivity index (χ1n) is 7.65. The van der Waals surface area contributed by atoms with Crippen molar-refractivity contribution in [3.05, 3.63) is 35.5 Å². The van der Waals surface area contributed by atoms with E-state index in [9.17, 15) is 19.5 Å². The summed E-state index contributed by atoms with van der Waals surface area (Å²) in [4.78, 5) is 38.2. The first-order chi connectivity index (χ1) is 10.3. The van der Waals surface area contributed by atoms with Crippen LogP contribution < -0.4 is 0 Å². The van der Waals surface area contributed by atoms with E-state index in [1.54, 1.807) is 6.08 Å². The maximum atomic E-state index is 13.1. The fourth-order valence-electron chi connectivity index (χ4n) is 4.00. The van der Waals surface area contributed by atoms with E-state index in [1.807, 2.05) is 32.9 Å². The molecule has 0 heterocycles. The van der Waals surface area contributed by atoms with Gasteiger partial charge in [-0.1, -0.05) is 39.0 Å². The molecule has 0 fully saturated rings. The zero-order valence-electron chi connectivity index (χ0n) is 13.0. The molecule has 116 valence electrons. The molecule has 4 heteroatoms. The maximum absolute atomic E-state index is 13.1. The zero-order chi connectivity index (χ0) is 16.2. The minimum atomic E-state index is -0.634. The van der Waals surface area contributed by atoms with Crippen molar-refractivity contribution in [2.24, 2.45) is 29.1 Å². The van der Waals surface area contributed by atoms with E-state index in [0.717, 1.165) is 0 Å². The van der Waals surface area contributed by atoms with Gasteiger partial charge < -0.3 is 5.11 Å². The molecule has 0 bridgehead atoms. The van der Waals surface area contributed by atoms with Crippen LogP contribution in [0.25, 0.3) is 0 Å². The van der Waals surface area contributed by atoms with Gasteiger partial charge in [-0.2, -0.15) is 0 Å². The molecule has 0 aromatic carbocycles. The van der Waals surface area contributed by atoms with Crippen molar-refractivity contribution in [1.82, 2.24) is 0 Å². The summed E-state index contributed by atoms with van der Waals surface area (Å²) in [5, 5.41) is 9.59. The molecule has 1 N–H and O–H groups in total. The van der Waals surface area contributed by atoms with Crippen molar-refractivity contribution >= 4 is 17.3 Å². The van der Waals surface area contributed by atoms with Crippen molar-refractivity contribution in [3.8, 4) is 0 Å². The Balaban J connectivity index is 2.21. The molecular formula is C18H20O4. The Hall–Kier alpha value is -1.81. The highest BCUT2D eigenvalue weighted by Gasteiger charge is 2.53. The fraction of sp³-hybridized carbons (Fsp3) is 0.500. The summed E-state index contributed by atoms with van der Waals surface area (Å²) >= 11 is 0. The average molecular weight is 300 g/mol. The number of allylic oxidation sites excluding steroid dienone is 5. The molecule has 0 aliphatic heterocycles. The number of hydrogen-bond acceptors (Lipinski definition) is 4. The minimum absolute atomic E-state index is 0.0672. The van der Waals surface area contributed by atoms with Gasteiger partial charge in [0.15, 0.2) is 17.3 Å². The highest BCUT2D eigenvalue weighted by molar-refractivity contribution is 6.32. The average Bonchev–Trinajstić information content (AvgIpc) is 2.46. The number of aliphatic hydroxyl groups is 1. The number of carbonyl (C=O) groups excluding carboxylic acids is 3. The Morgan fingerprint density at radius 1 is 1.09 bits per heavy atom. The smallest absolute Gasteiger partial charge is 0.189 e. The summed E-state index contributed by atoms with van der Waals surface area (Å²) in [7, 11) is 0. The summed E-state index contributed by atoms with van der Waals surface area (Å²) in [6.45, 7) is 5.39. The molecule has 0 spiro atoms. The predicted molar refractivity (Wildman–Crippen MR) is 80.8 cm³/mol. The summed E-state index contributed by atoms with van der Waals surface area (Å²) in [6, 6.07) is 0. The number of ketones is 3. The van der Waals surface area contributed by atoms with Crippen molar-refractivity contribution in [1.29, 1.82) is 0 Å². The SMILES string of the molecule is CC1C=CC(CO)C2C(=O)C3=C(C(=O)C=CC3(C)C)C(=O)C12. The lowest BCUT2D eigenvalue weighted by molar-refractivity contribution is -0.136. The normalized spacial score (nSPS) is 36.5. The van der Waals surface area contributed by atoms with Gasteiger partial charge in [0.25, 0.3) is 0 Å². The molecule has 4 nitrogen and oxygen atoms in total. The van der Waals surface area contributed by atoms with E-state index in [4.69, 9.17) is 0 Å². The highest BCUT2D eigenvalue weighted by Crippen LogP contribution is 2.48. The van der Waals surface area contributed by atoms with Gasteiger partial charge in [0, 0.05) is 28.7 Å². The van der Waals surface area contributed by atoms with E-state index >= 15 is 0 Å². The Morgan fingerprint density at radius 3 is 2.41 bits per heavy atom. The number of hydrogen-bond donors (Lipinski definition) is 1. The van der Waals surface area contributed by atoms with Crippen LogP contribution >= 0.6 is 0 Å². The lowest BCUT2D eigenvalue weighted by Crippen LogP contribution is -2.50. The number of rotatable bonds is 1. The molecule has 0 radical (unpaired) electrons. The molecule has 0 amide bonds. The number of Topliss-reactive ketones (excluding diaryl/α,β-unsaturated/α-hetero) is 2. The van der Waals surface area contributed by atoms with Gasteiger partial charge in [-0.05, 0) is 12.0 Å². The van der Waals surface area contributed by atoms with Crippen LogP contribution in [0.1, 0.15) is 20.8 Å². The first-order valence-corrected chi connectivity index (χ1v) is 7.65. The van der Waals surface area contributed by atoms with Crippen LogP contribution in [0.5, 0.6) is 0 Å². The van der Waals surface area contributed by atoms with Crippen LogP contribution in [0.15, 0.2) is 35.5 Å². The number of carbonyl (C=O) groups is 3. The van der Waals surface area contributed by atoms with Crippen LogP contribution in [-0.4, -0.2) is 29.1 Å². The second-order valence-electron chi connectivity index (χ2n) is 7.04. The summed E-state index contributed by atoms with van der Waals surface area (Å²) in [5.41, 5.74) is -0.240. The third-order valence-corrected chi connectivity index (χ3v) is 5.18. The fourth-order valence-corrected chi connectivity index (χ4v) is 4.00. The topological polar surface area (TPSA) is 71.4 Å². The Labute approximate surface area is 129 Å². The highest BCUT2D eigenvalue weighted by atomic mass is 16.3. The van der Waals surface area contributed by atoms with E-state index in [1.165, 1.54) is 6.08 Å². The van der Waals surface area contributed by atoms with E-state index in [-0.39, 0.29) is 41.4 Å². The molecule has 3 aliphatic carbocycles. The van der Waals surface area contributed by atoms with E-state index in [0.29, 0.717) is 5.57 Å². The third-order valence-electron chi connectivity index (χ3n) is 5.18. The van der Waals surface area contributed by atoms with Gasteiger partial charge in [-0.15, -0.1) is 0 Å². The zero-order valence-corrected chi connectivity index (χ0v) is 13.0. The molecule has 3 aliphatic rings.